The fourth-order valence-corrected chi connectivity index (χ4v) is 4.11. The van der Waals surface area contributed by atoms with Crippen molar-refractivity contribution in [3.05, 3.63) is 52.2 Å². The zero-order valence-electron chi connectivity index (χ0n) is 10.5. The molecule has 3 rings (SSSR count). The van der Waals surface area contributed by atoms with Gasteiger partial charge in [-0.2, -0.15) is 11.3 Å². The second-order valence-electron chi connectivity index (χ2n) is 4.60. The summed E-state index contributed by atoms with van der Waals surface area (Å²) in [5.74, 6) is 1.19. The molecule has 19 heavy (non-hydrogen) atoms. The van der Waals surface area contributed by atoms with Gasteiger partial charge in [0.15, 0.2) is 0 Å². The third kappa shape index (κ3) is 3.01. The van der Waals surface area contributed by atoms with Gasteiger partial charge in [-0.1, -0.05) is 18.2 Å². The van der Waals surface area contributed by atoms with Crippen LogP contribution in [0.3, 0.4) is 0 Å². The van der Waals surface area contributed by atoms with Crippen LogP contribution in [0.1, 0.15) is 23.6 Å². The Morgan fingerprint density at radius 1 is 1.32 bits per heavy atom. The van der Waals surface area contributed by atoms with Crippen LogP contribution in [0.2, 0.25) is 0 Å². The van der Waals surface area contributed by atoms with Gasteiger partial charge in [-0.05, 0) is 40.4 Å². The number of carbonyl (C=O) groups excluding carboxylic acids is 1. The Labute approximate surface area is 121 Å². The van der Waals surface area contributed by atoms with Crippen LogP contribution in [0.15, 0.2) is 46.0 Å². The van der Waals surface area contributed by atoms with Gasteiger partial charge in [-0.25, -0.2) is 0 Å². The predicted octanol–water partition coefficient (Wildman–Crippen LogP) is 3.64. The molecule has 0 spiro atoms. The summed E-state index contributed by atoms with van der Waals surface area (Å²) >= 11 is 3.51. The standard InChI is InChI=1S/C15H15NOS2/c17-15(9-11-5-7-18-10-11)16-13-6-8-19-14-4-2-1-3-12(13)14/h1-5,7,10,13H,6,8-9H2,(H,16,17)/t13-/m1/s1. The van der Waals surface area contributed by atoms with Gasteiger partial charge < -0.3 is 5.32 Å². The number of thioether (sulfide) groups is 1. The molecule has 2 aromatic rings. The predicted molar refractivity (Wildman–Crippen MR) is 80.7 cm³/mol. The van der Waals surface area contributed by atoms with Gasteiger partial charge in [0.05, 0.1) is 12.5 Å². The minimum atomic E-state index is 0.116. The highest BCUT2D eigenvalue weighted by Crippen LogP contribution is 2.35. The molecule has 0 unspecified atom stereocenters. The molecule has 1 aromatic carbocycles. The van der Waals surface area contributed by atoms with Gasteiger partial charge in [0.2, 0.25) is 5.91 Å². The molecule has 0 aliphatic carbocycles. The summed E-state index contributed by atoms with van der Waals surface area (Å²) in [5.41, 5.74) is 2.36. The molecule has 0 bridgehead atoms. The Bertz CT molecular complexity index is 565. The molecule has 0 radical (unpaired) electrons. The molecule has 1 aromatic heterocycles. The fourth-order valence-electron chi connectivity index (χ4n) is 2.32. The van der Waals surface area contributed by atoms with Crippen LogP contribution >= 0.6 is 23.1 Å². The number of hydrogen-bond acceptors (Lipinski definition) is 3. The average molecular weight is 289 g/mol. The zero-order chi connectivity index (χ0) is 13.1. The van der Waals surface area contributed by atoms with Crippen molar-refractivity contribution < 1.29 is 4.79 Å². The van der Waals surface area contributed by atoms with E-state index < -0.39 is 0 Å². The van der Waals surface area contributed by atoms with Gasteiger partial charge in [-0.3, -0.25) is 4.79 Å². The van der Waals surface area contributed by atoms with E-state index in [1.165, 1.54) is 10.5 Å². The van der Waals surface area contributed by atoms with Crippen molar-refractivity contribution in [2.75, 3.05) is 5.75 Å². The minimum absolute atomic E-state index is 0.116. The van der Waals surface area contributed by atoms with E-state index in [1.54, 1.807) is 11.3 Å². The maximum absolute atomic E-state index is 12.1. The fraction of sp³-hybridized carbons (Fsp3) is 0.267. The number of benzene rings is 1. The van der Waals surface area contributed by atoms with Crippen molar-refractivity contribution in [3.63, 3.8) is 0 Å². The Morgan fingerprint density at radius 3 is 3.05 bits per heavy atom. The number of fused-ring (bicyclic) bond motifs is 1. The van der Waals surface area contributed by atoms with Gasteiger partial charge >= 0.3 is 0 Å². The Balaban J connectivity index is 1.69. The quantitative estimate of drug-likeness (QED) is 0.934. The summed E-state index contributed by atoms with van der Waals surface area (Å²) in [6, 6.07) is 10.5. The second kappa shape index (κ2) is 5.80. The first kappa shape index (κ1) is 12.8. The average Bonchev–Trinajstić information content (AvgIpc) is 2.92. The Morgan fingerprint density at radius 2 is 2.21 bits per heavy atom. The SMILES string of the molecule is O=C(Cc1ccsc1)N[C@@H]1CCSc2ccccc21. The van der Waals surface area contributed by atoms with Crippen LogP contribution in [0.5, 0.6) is 0 Å². The van der Waals surface area contributed by atoms with Crippen molar-refractivity contribution in [1.82, 2.24) is 5.32 Å². The summed E-state index contributed by atoms with van der Waals surface area (Å²) in [7, 11) is 0. The monoisotopic (exact) mass is 289 g/mol. The van der Waals surface area contributed by atoms with E-state index in [1.807, 2.05) is 34.7 Å². The van der Waals surface area contributed by atoms with E-state index in [0.29, 0.717) is 6.42 Å². The number of thiophene rings is 1. The van der Waals surface area contributed by atoms with Crippen LogP contribution < -0.4 is 5.32 Å². The van der Waals surface area contributed by atoms with Crippen molar-refractivity contribution in [3.8, 4) is 0 Å². The van der Waals surface area contributed by atoms with Crippen LogP contribution in [0.25, 0.3) is 0 Å². The highest BCUT2D eigenvalue weighted by molar-refractivity contribution is 7.99. The van der Waals surface area contributed by atoms with E-state index in [9.17, 15) is 4.79 Å². The third-order valence-corrected chi connectivity index (χ3v) is 5.09. The highest BCUT2D eigenvalue weighted by atomic mass is 32.2. The van der Waals surface area contributed by atoms with Gasteiger partial charge in [0, 0.05) is 10.6 Å². The molecule has 1 amide bonds. The van der Waals surface area contributed by atoms with Crippen LogP contribution in [0.4, 0.5) is 0 Å². The molecule has 2 nitrogen and oxygen atoms in total. The van der Waals surface area contributed by atoms with E-state index in [0.717, 1.165) is 17.7 Å². The zero-order valence-corrected chi connectivity index (χ0v) is 12.1. The molecule has 0 saturated carbocycles. The Kier molecular flexibility index (Phi) is 3.89. The van der Waals surface area contributed by atoms with Crippen molar-refractivity contribution in [1.29, 1.82) is 0 Å². The number of carbonyl (C=O) groups is 1. The summed E-state index contributed by atoms with van der Waals surface area (Å²) in [5, 5.41) is 7.21. The largest absolute Gasteiger partial charge is 0.349 e. The van der Waals surface area contributed by atoms with Crippen molar-refractivity contribution in [2.45, 2.75) is 23.8 Å². The molecule has 1 atom stereocenters. The van der Waals surface area contributed by atoms with Gasteiger partial charge in [-0.15, -0.1) is 11.8 Å². The first-order valence-electron chi connectivity index (χ1n) is 6.35. The molecule has 0 fully saturated rings. The lowest BCUT2D eigenvalue weighted by molar-refractivity contribution is -0.121. The van der Waals surface area contributed by atoms with Crippen LogP contribution in [-0.4, -0.2) is 11.7 Å². The minimum Gasteiger partial charge on any atom is -0.349 e. The smallest absolute Gasteiger partial charge is 0.224 e. The van der Waals surface area contributed by atoms with Gasteiger partial charge in [0.25, 0.3) is 0 Å². The summed E-state index contributed by atoms with van der Waals surface area (Å²) in [6.07, 6.45) is 1.49. The second-order valence-corrected chi connectivity index (χ2v) is 6.52. The number of hydrogen-bond donors (Lipinski definition) is 1. The number of amides is 1. The lowest BCUT2D eigenvalue weighted by Crippen LogP contribution is -2.31. The first-order chi connectivity index (χ1) is 9.33. The summed E-state index contributed by atoms with van der Waals surface area (Å²) in [4.78, 5) is 13.4. The maximum Gasteiger partial charge on any atom is 0.224 e. The molecular weight excluding hydrogens is 274 g/mol. The Hall–Kier alpha value is -1.26. The molecule has 2 heterocycles. The number of nitrogens with one attached hydrogen (secondary N) is 1. The molecular formula is C15H15NOS2. The molecule has 0 saturated heterocycles. The lowest BCUT2D eigenvalue weighted by atomic mass is 10.0. The molecule has 4 heteroatoms. The highest BCUT2D eigenvalue weighted by Gasteiger charge is 2.21. The summed E-state index contributed by atoms with van der Waals surface area (Å²) < 4.78 is 0. The van der Waals surface area contributed by atoms with E-state index in [4.69, 9.17) is 0 Å². The molecule has 98 valence electrons. The van der Waals surface area contributed by atoms with Gasteiger partial charge in [0.1, 0.15) is 0 Å². The normalized spacial score (nSPS) is 17.8. The summed E-state index contributed by atoms with van der Waals surface area (Å²) in [6.45, 7) is 0. The van der Waals surface area contributed by atoms with Crippen LogP contribution in [-0.2, 0) is 11.2 Å². The van der Waals surface area contributed by atoms with E-state index in [-0.39, 0.29) is 11.9 Å². The topological polar surface area (TPSA) is 29.1 Å². The van der Waals surface area contributed by atoms with Crippen LogP contribution in [0, 0.1) is 0 Å². The van der Waals surface area contributed by atoms with Crippen molar-refractivity contribution in [2.24, 2.45) is 0 Å². The third-order valence-electron chi connectivity index (χ3n) is 3.24. The van der Waals surface area contributed by atoms with E-state index in [2.05, 4.69) is 23.5 Å². The maximum atomic E-state index is 12.1. The molecule has 1 aliphatic rings. The number of rotatable bonds is 3. The van der Waals surface area contributed by atoms with E-state index >= 15 is 0 Å². The molecule has 1 N–H and O–H groups in total. The van der Waals surface area contributed by atoms with Crippen molar-refractivity contribution >= 4 is 29.0 Å². The lowest BCUT2D eigenvalue weighted by Gasteiger charge is -2.25. The first-order valence-corrected chi connectivity index (χ1v) is 8.28. The molecule has 1 aliphatic heterocycles.